The van der Waals surface area contributed by atoms with E-state index in [0.717, 1.165) is 22.4 Å². The predicted octanol–water partition coefficient (Wildman–Crippen LogP) is 7.14. The van der Waals surface area contributed by atoms with Crippen molar-refractivity contribution >= 4 is 33.5 Å². The Hall–Kier alpha value is -4.96. The molecule has 1 aromatic heterocycles. The van der Waals surface area contributed by atoms with Gasteiger partial charge in [0.15, 0.2) is 5.84 Å². The van der Waals surface area contributed by atoms with E-state index in [4.69, 9.17) is 15.7 Å². The Morgan fingerprint density at radius 1 is 0.568 bits per heavy atom. The molecule has 4 nitrogen and oxygen atoms in total. The van der Waals surface area contributed by atoms with Crippen molar-refractivity contribution < 1.29 is 0 Å². The Balaban J connectivity index is 1.42. The van der Waals surface area contributed by atoms with Crippen molar-refractivity contribution in [2.75, 3.05) is 0 Å². The molecule has 37 heavy (non-hydrogen) atoms. The number of hydrogen-bond acceptors (Lipinski definition) is 1. The highest BCUT2D eigenvalue weighted by atomic mass is 15.0. The van der Waals surface area contributed by atoms with Gasteiger partial charge in [-0.2, -0.15) is 0 Å². The third kappa shape index (κ3) is 4.53. The van der Waals surface area contributed by atoms with E-state index in [2.05, 4.69) is 89.5 Å². The average molecular weight is 479 g/mol. The molecule has 0 radical (unpaired) electrons. The van der Waals surface area contributed by atoms with Crippen molar-refractivity contribution in [2.45, 2.75) is 6.54 Å². The Kier molecular flexibility index (Phi) is 6.05. The number of para-hydroxylation sites is 2. The second-order valence-corrected chi connectivity index (χ2v) is 8.91. The van der Waals surface area contributed by atoms with Gasteiger partial charge < -0.3 is 10.3 Å². The van der Waals surface area contributed by atoms with E-state index in [0.29, 0.717) is 18.2 Å². The van der Waals surface area contributed by atoms with E-state index >= 15 is 0 Å². The van der Waals surface area contributed by atoms with Crippen molar-refractivity contribution in [1.29, 1.82) is 0 Å². The number of nitrogens with two attached hydrogens (primary N) is 1. The van der Waals surface area contributed by atoms with Crippen molar-refractivity contribution in [1.82, 2.24) is 4.57 Å². The number of aliphatic imine (C=N–C) groups is 2. The highest BCUT2D eigenvalue weighted by Gasteiger charge is 2.12. The molecular formula is C33H26N4. The maximum atomic E-state index is 6.40. The number of hydrogen-bond donors (Lipinski definition) is 1. The minimum absolute atomic E-state index is 0.443. The number of benzene rings is 5. The van der Waals surface area contributed by atoms with Crippen LogP contribution < -0.4 is 5.73 Å². The van der Waals surface area contributed by atoms with Gasteiger partial charge in [-0.25, -0.2) is 4.99 Å². The fraction of sp³-hybridized carbons (Fsp3) is 0.0303. The molecule has 0 aliphatic carbocycles. The van der Waals surface area contributed by atoms with Crippen LogP contribution in [0, 0.1) is 0 Å². The molecule has 6 aromatic rings. The molecule has 6 rings (SSSR count). The maximum Gasteiger partial charge on any atom is 0.157 e. The van der Waals surface area contributed by atoms with Crippen LogP contribution in [0.2, 0.25) is 0 Å². The van der Waals surface area contributed by atoms with E-state index < -0.39 is 0 Å². The second kappa shape index (κ2) is 9.96. The monoisotopic (exact) mass is 478 g/mol. The number of nitrogens with zero attached hydrogens (tertiary/aromatic N) is 3. The molecule has 1 heterocycles. The standard InChI is InChI=1S/C33H26N4/c34-32(25-13-5-2-6-14-25)36-33(35-23-24-11-3-1-4-12-24)26-19-21-27(22-20-26)37-30-17-9-7-15-28(30)29-16-8-10-18-31(29)37/h1-22H,23H2,(H2,34,35,36). The topological polar surface area (TPSA) is 55.7 Å². The summed E-state index contributed by atoms with van der Waals surface area (Å²) in [5, 5.41) is 2.49. The van der Waals surface area contributed by atoms with Gasteiger partial charge in [0.05, 0.1) is 17.6 Å². The zero-order valence-electron chi connectivity index (χ0n) is 20.3. The molecule has 0 amide bonds. The highest BCUT2D eigenvalue weighted by Crippen LogP contribution is 2.31. The minimum atomic E-state index is 0.443. The molecular weight excluding hydrogens is 452 g/mol. The van der Waals surface area contributed by atoms with Gasteiger partial charge in [-0.05, 0) is 42.0 Å². The first-order valence-corrected chi connectivity index (χ1v) is 12.3. The van der Waals surface area contributed by atoms with E-state index in [1.165, 1.54) is 21.8 Å². The van der Waals surface area contributed by atoms with Gasteiger partial charge in [0.2, 0.25) is 0 Å². The first-order valence-electron chi connectivity index (χ1n) is 12.3. The summed E-state index contributed by atoms with van der Waals surface area (Å²) in [6, 6.07) is 45.4. The quantitative estimate of drug-likeness (QED) is 0.208. The summed E-state index contributed by atoms with van der Waals surface area (Å²) < 4.78 is 2.30. The molecule has 0 aliphatic rings. The highest BCUT2D eigenvalue weighted by molar-refractivity contribution is 6.11. The van der Waals surface area contributed by atoms with E-state index in [-0.39, 0.29) is 0 Å². The Bertz CT molecular complexity index is 1680. The van der Waals surface area contributed by atoms with Crippen LogP contribution in [0.5, 0.6) is 0 Å². The molecule has 0 saturated heterocycles. The molecule has 0 unspecified atom stereocenters. The lowest BCUT2D eigenvalue weighted by atomic mass is 10.1. The van der Waals surface area contributed by atoms with Gasteiger partial charge in [-0.3, -0.25) is 4.99 Å². The number of fused-ring (bicyclic) bond motifs is 3. The van der Waals surface area contributed by atoms with Crippen LogP contribution in [0.4, 0.5) is 0 Å². The first-order chi connectivity index (χ1) is 18.3. The molecule has 2 N–H and O–H groups in total. The van der Waals surface area contributed by atoms with Crippen LogP contribution >= 0.6 is 0 Å². The van der Waals surface area contributed by atoms with Crippen LogP contribution in [0.3, 0.4) is 0 Å². The molecule has 0 fully saturated rings. The molecule has 0 spiro atoms. The summed E-state index contributed by atoms with van der Waals surface area (Å²) in [6.45, 7) is 0.524. The van der Waals surface area contributed by atoms with Gasteiger partial charge in [-0.1, -0.05) is 97.1 Å². The maximum absolute atomic E-state index is 6.40. The first kappa shape index (κ1) is 22.5. The van der Waals surface area contributed by atoms with Crippen LogP contribution in [0.15, 0.2) is 143 Å². The van der Waals surface area contributed by atoms with Crippen molar-refractivity contribution in [3.63, 3.8) is 0 Å². The van der Waals surface area contributed by atoms with E-state index in [1.807, 2.05) is 48.5 Å². The number of aromatic nitrogens is 1. The summed E-state index contributed by atoms with van der Waals surface area (Å²) in [7, 11) is 0. The van der Waals surface area contributed by atoms with Gasteiger partial charge in [0, 0.05) is 27.6 Å². The molecule has 5 aromatic carbocycles. The zero-order chi connectivity index (χ0) is 25.0. The lowest BCUT2D eigenvalue weighted by molar-refractivity contribution is 1.06. The van der Waals surface area contributed by atoms with Gasteiger partial charge in [0.25, 0.3) is 0 Å². The molecule has 0 saturated carbocycles. The molecule has 0 bridgehead atoms. The minimum Gasteiger partial charge on any atom is -0.383 e. The summed E-state index contributed by atoms with van der Waals surface area (Å²) in [5.74, 6) is 1.05. The van der Waals surface area contributed by atoms with Gasteiger partial charge in [0.1, 0.15) is 5.84 Å². The third-order valence-electron chi connectivity index (χ3n) is 6.51. The number of amidine groups is 2. The van der Waals surface area contributed by atoms with Crippen molar-refractivity contribution in [2.24, 2.45) is 15.7 Å². The lowest BCUT2D eigenvalue weighted by Crippen LogP contribution is -2.16. The van der Waals surface area contributed by atoms with Crippen LogP contribution in [-0.2, 0) is 6.54 Å². The fourth-order valence-corrected chi connectivity index (χ4v) is 4.69. The van der Waals surface area contributed by atoms with E-state index in [1.54, 1.807) is 0 Å². The zero-order valence-corrected chi connectivity index (χ0v) is 20.3. The normalized spacial score (nSPS) is 12.3. The SMILES string of the molecule is N/C(=N\C(=N/Cc1ccccc1)c1ccc(-n2c3ccccc3c3ccccc32)cc1)c1ccccc1. The Labute approximate surface area is 216 Å². The summed E-state index contributed by atoms with van der Waals surface area (Å²) in [4.78, 5) is 9.63. The Morgan fingerprint density at radius 3 is 1.73 bits per heavy atom. The lowest BCUT2D eigenvalue weighted by Gasteiger charge is -2.10. The average Bonchev–Trinajstić information content (AvgIpc) is 3.31. The Morgan fingerprint density at radius 2 is 1.11 bits per heavy atom. The smallest absolute Gasteiger partial charge is 0.157 e. The predicted molar refractivity (Wildman–Crippen MR) is 155 cm³/mol. The van der Waals surface area contributed by atoms with Gasteiger partial charge >= 0.3 is 0 Å². The second-order valence-electron chi connectivity index (χ2n) is 8.91. The van der Waals surface area contributed by atoms with Crippen LogP contribution in [0.1, 0.15) is 16.7 Å². The summed E-state index contributed by atoms with van der Waals surface area (Å²) in [6.07, 6.45) is 0. The third-order valence-corrected chi connectivity index (χ3v) is 6.51. The van der Waals surface area contributed by atoms with Crippen LogP contribution in [-0.4, -0.2) is 16.2 Å². The van der Waals surface area contributed by atoms with Gasteiger partial charge in [-0.15, -0.1) is 0 Å². The molecule has 0 atom stereocenters. The molecule has 4 heteroatoms. The summed E-state index contributed by atoms with van der Waals surface area (Å²) >= 11 is 0. The number of rotatable bonds is 5. The largest absolute Gasteiger partial charge is 0.383 e. The summed E-state index contributed by atoms with van der Waals surface area (Å²) in [5.41, 5.74) is 12.8. The van der Waals surface area contributed by atoms with Crippen LogP contribution in [0.25, 0.3) is 27.5 Å². The van der Waals surface area contributed by atoms with Crippen molar-refractivity contribution in [3.8, 4) is 5.69 Å². The molecule has 0 aliphatic heterocycles. The fourth-order valence-electron chi connectivity index (χ4n) is 4.69. The van der Waals surface area contributed by atoms with E-state index in [9.17, 15) is 0 Å². The molecule has 178 valence electrons. The van der Waals surface area contributed by atoms with Crippen molar-refractivity contribution in [3.05, 3.63) is 150 Å².